The molecule has 0 aliphatic rings. The molecule has 0 aliphatic carbocycles. The molecule has 4 rings (SSSR count). The highest BCUT2D eigenvalue weighted by Gasteiger charge is 2.11. The normalized spacial score (nSPS) is 10.5. The molecule has 7 nitrogen and oxygen atoms in total. The maximum atomic E-state index is 12.4. The van der Waals surface area contributed by atoms with Crippen LogP contribution in [0.2, 0.25) is 5.02 Å². The Labute approximate surface area is 177 Å². The monoisotopic (exact) mass is 417 g/mol. The van der Waals surface area contributed by atoms with E-state index in [2.05, 4.69) is 25.3 Å². The molecule has 0 saturated heterocycles. The van der Waals surface area contributed by atoms with Crippen molar-refractivity contribution >= 4 is 23.3 Å². The molecule has 8 heteroatoms. The number of carbonyl (C=O) groups is 1. The van der Waals surface area contributed by atoms with E-state index in [0.717, 1.165) is 16.7 Å². The highest BCUT2D eigenvalue weighted by Crippen LogP contribution is 2.32. The van der Waals surface area contributed by atoms with E-state index < -0.39 is 0 Å². The first-order chi connectivity index (χ1) is 14.6. The quantitative estimate of drug-likeness (QED) is 0.494. The molecule has 0 fully saturated rings. The zero-order valence-electron chi connectivity index (χ0n) is 15.9. The van der Waals surface area contributed by atoms with Crippen molar-refractivity contribution in [1.82, 2.24) is 19.9 Å². The minimum atomic E-state index is -0.267. The SMILES string of the molecule is Cc1ccncc1C(=O)Nc1ccc(-c2cc(Oc3ncccn3)ccc2Cl)cn1. The number of anilines is 1. The van der Waals surface area contributed by atoms with Gasteiger partial charge in [-0.2, -0.15) is 0 Å². The summed E-state index contributed by atoms with van der Waals surface area (Å²) in [6.45, 7) is 1.85. The Morgan fingerprint density at radius 1 is 1.00 bits per heavy atom. The first-order valence-electron chi connectivity index (χ1n) is 9.03. The second kappa shape index (κ2) is 8.67. The fourth-order valence-electron chi connectivity index (χ4n) is 2.75. The summed E-state index contributed by atoms with van der Waals surface area (Å²) < 4.78 is 5.67. The molecule has 0 radical (unpaired) electrons. The fraction of sp³-hybridized carbons (Fsp3) is 0.0455. The number of carbonyl (C=O) groups excluding carboxylic acids is 1. The van der Waals surface area contributed by atoms with Gasteiger partial charge in [0.1, 0.15) is 11.6 Å². The van der Waals surface area contributed by atoms with Crippen LogP contribution >= 0.6 is 11.6 Å². The summed E-state index contributed by atoms with van der Waals surface area (Å²) in [5, 5.41) is 3.31. The number of benzene rings is 1. The van der Waals surface area contributed by atoms with Gasteiger partial charge in [-0.25, -0.2) is 15.0 Å². The topological polar surface area (TPSA) is 89.9 Å². The van der Waals surface area contributed by atoms with Crippen LogP contribution in [-0.2, 0) is 0 Å². The summed E-state index contributed by atoms with van der Waals surface area (Å²) in [5.41, 5.74) is 2.85. The van der Waals surface area contributed by atoms with Crippen LogP contribution in [0, 0.1) is 6.92 Å². The van der Waals surface area contributed by atoms with E-state index in [-0.39, 0.29) is 11.9 Å². The van der Waals surface area contributed by atoms with E-state index >= 15 is 0 Å². The lowest BCUT2D eigenvalue weighted by atomic mass is 10.1. The molecule has 1 aromatic carbocycles. The third-order valence-corrected chi connectivity index (χ3v) is 4.62. The number of amides is 1. The van der Waals surface area contributed by atoms with Gasteiger partial charge in [-0.15, -0.1) is 0 Å². The number of nitrogens with one attached hydrogen (secondary N) is 1. The molecule has 1 amide bonds. The van der Waals surface area contributed by atoms with Gasteiger partial charge in [0.05, 0.1) is 5.56 Å². The molecule has 3 heterocycles. The van der Waals surface area contributed by atoms with Crippen LogP contribution in [0.1, 0.15) is 15.9 Å². The average Bonchev–Trinajstić information content (AvgIpc) is 2.77. The number of aromatic nitrogens is 4. The molecule has 3 aromatic heterocycles. The summed E-state index contributed by atoms with van der Waals surface area (Å²) in [5.74, 6) is 0.704. The lowest BCUT2D eigenvalue weighted by Crippen LogP contribution is -2.14. The van der Waals surface area contributed by atoms with Crippen molar-refractivity contribution in [2.75, 3.05) is 5.32 Å². The van der Waals surface area contributed by atoms with Gasteiger partial charge in [0.2, 0.25) is 0 Å². The van der Waals surface area contributed by atoms with E-state index in [1.165, 1.54) is 6.20 Å². The van der Waals surface area contributed by atoms with Crippen molar-refractivity contribution in [2.45, 2.75) is 6.92 Å². The molecule has 1 N–H and O–H groups in total. The third kappa shape index (κ3) is 4.42. The number of aryl methyl sites for hydroxylation is 1. The van der Waals surface area contributed by atoms with Gasteiger partial charge in [0.25, 0.3) is 5.91 Å². The second-order valence-corrected chi connectivity index (χ2v) is 6.76. The number of rotatable bonds is 5. The number of ether oxygens (including phenoxy) is 1. The Hall–Kier alpha value is -3.84. The molecular weight excluding hydrogens is 402 g/mol. The van der Waals surface area contributed by atoms with E-state index in [4.69, 9.17) is 16.3 Å². The Morgan fingerprint density at radius 2 is 1.83 bits per heavy atom. The van der Waals surface area contributed by atoms with Crippen LogP contribution < -0.4 is 10.1 Å². The van der Waals surface area contributed by atoms with Crippen molar-refractivity contribution in [3.8, 4) is 22.9 Å². The first-order valence-corrected chi connectivity index (χ1v) is 9.41. The second-order valence-electron chi connectivity index (χ2n) is 6.35. The molecule has 0 spiro atoms. The molecule has 0 aliphatic heterocycles. The van der Waals surface area contributed by atoms with Gasteiger partial charge in [0, 0.05) is 47.1 Å². The Balaban J connectivity index is 1.53. The van der Waals surface area contributed by atoms with E-state index in [1.54, 1.807) is 61.2 Å². The van der Waals surface area contributed by atoms with Gasteiger partial charge < -0.3 is 10.1 Å². The Morgan fingerprint density at radius 3 is 2.57 bits per heavy atom. The van der Waals surface area contributed by atoms with Crippen LogP contribution in [0.25, 0.3) is 11.1 Å². The van der Waals surface area contributed by atoms with Crippen molar-refractivity contribution in [2.24, 2.45) is 0 Å². The van der Waals surface area contributed by atoms with Crippen molar-refractivity contribution in [1.29, 1.82) is 0 Å². The molecule has 0 saturated carbocycles. The summed E-state index contributed by atoms with van der Waals surface area (Å²) in [6.07, 6.45) is 8.01. The number of nitrogens with zero attached hydrogens (tertiary/aromatic N) is 4. The summed E-state index contributed by atoms with van der Waals surface area (Å²) in [6, 6.07) is 12.5. The largest absolute Gasteiger partial charge is 0.424 e. The smallest absolute Gasteiger partial charge is 0.321 e. The molecule has 4 aromatic rings. The van der Waals surface area contributed by atoms with Crippen LogP contribution in [0.5, 0.6) is 11.8 Å². The van der Waals surface area contributed by atoms with E-state index in [1.807, 2.05) is 13.0 Å². The molecule has 30 heavy (non-hydrogen) atoms. The molecular formula is C22H16ClN5O2. The van der Waals surface area contributed by atoms with Crippen molar-refractivity contribution < 1.29 is 9.53 Å². The molecule has 0 unspecified atom stereocenters. The van der Waals surface area contributed by atoms with E-state index in [0.29, 0.717) is 22.2 Å². The lowest BCUT2D eigenvalue weighted by Gasteiger charge is -2.10. The fourth-order valence-corrected chi connectivity index (χ4v) is 2.97. The highest BCUT2D eigenvalue weighted by molar-refractivity contribution is 6.33. The van der Waals surface area contributed by atoms with Crippen LogP contribution in [0.3, 0.4) is 0 Å². The van der Waals surface area contributed by atoms with Gasteiger partial charge in [0.15, 0.2) is 0 Å². The Bertz CT molecular complexity index is 1180. The number of pyridine rings is 2. The maximum Gasteiger partial charge on any atom is 0.321 e. The van der Waals surface area contributed by atoms with Gasteiger partial charge in [-0.3, -0.25) is 9.78 Å². The molecule has 148 valence electrons. The summed E-state index contributed by atoms with van der Waals surface area (Å²) >= 11 is 6.36. The standard InChI is InChI=1S/C22H16ClN5O2/c1-14-7-10-24-13-18(14)21(29)28-20-6-3-15(12-27-20)17-11-16(4-5-19(17)23)30-22-25-8-2-9-26-22/h2-13H,1H3,(H,27,28,29). The molecule has 0 atom stereocenters. The predicted octanol–water partition coefficient (Wildman–Crippen LogP) is 4.94. The average molecular weight is 418 g/mol. The minimum absolute atomic E-state index is 0.243. The van der Waals surface area contributed by atoms with E-state index in [9.17, 15) is 4.79 Å². The lowest BCUT2D eigenvalue weighted by molar-refractivity contribution is 0.102. The number of halogens is 1. The summed E-state index contributed by atoms with van der Waals surface area (Å²) in [7, 11) is 0. The van der Waals surface area contributed by atoms with Gasteiger partial charge >= 0.3 is 6.01 Å². The molecule has 0 bridgehead atoms. The highest BCUT2D eigenvalue weighted by atomic mass is 35.5. The van der Waals surface area contributed by atoms with Crippen LogP contribution in [0.4, 0.5) is 5.82 Å². The predicted molar refractivity (Wildman–Crippen MR) is 114 cm³/mol. The first kappa shape index (κ1) is 19.5. The maximum absolute atomic E-state index is 12.4. The van der Waals surface area contributed by atoms with Gasteiger partial charge in [-0.05, 0) is 55.0 Å². The van der Waals surface area contributed by atoms with Gasteiger partial charge in [-0.1, -0.05) is 11.6 Å². The van der Waals surface area contributed by atoms with Crippen molar-refractivity contribution in [3.05, 3.63) is 89.6 Å². The van der Waals surface area contributed by atoms with Crippen molar-refractivity contribution in [3.63, 3.8) is 0 Å². The zero-order valence-corrected chi connectivity index (χ0v) is 16.7. The van der Waals surface area contributed by atoms with Crippen LogP contribution in [0.15, 0.2) is 73.4 Å². The minimum Gasteiger partial charge on any atom is -0.424 e. The Kier molecular flexibility index (Phi) is 5.63. The number of hydrogen-bond donors (Lipinski definition) is 1. The summed E-state index contributed by atoms with van der Waals surface area (Å²) in [4.78, 5) is 28.8. The third-order valence-electron chi connectivity index (χ3n) is 4.29. The van der Waals surface area contributed by atoms with Crippen LogP contribution in [-0.4, -0.2) is 25.8 Å². The number of hydrogen-bond acceptors (Lipinski definition) is 6. The zero-order chi connectivity index (χ0) is 20.9.